The number of methoxy groups -OCH3 is 1. The van der Waals surface area contributed by atoms with Crippen LogP contribution in [0.15, 0.2) is 0 Å². The lowest BCUT2D eigenvalue weighted by Gasteiger charge is -2.31. The second-order valence-electron chi connectivity index (χ2n) is 3.48. The van der Waals surface area contributed by atoms with Crippen molar-refractivity contribution < 1.29 is 17.9 Å². The Kier molecular flexibility index (Phi) is 5.59. The number of rotatable bonds is 6. The van der Waals surface area contributed by atoms with E-state index in [0.29, 0.717) is 32.8 Å². The van der Waals surface area contributed by atoms with Crippen molar-refractivity contribution in [3.05, 3.63) is 0 Å². The van der Waals surface area contributed by atoms with Crippen LogP contribution in [0.5, 0.6) is 0 Å². The minimum absolute atomic E-state index is 0.215. The zero-order valence-corrected chi connectivity index (χ0v) is 10.2. The number of nitrogens with two attached hydrogens (primary N) is 1. The van der Waals surface area contributed by atoms with Crippen molar-refractivity contribution in [3.8, 4) is 0 Å². The molecule has 0 spiro atoms. The molecule has 3 N–H and O–H groups in total. The summed E-state index contributed by atoms with van der Waals surface area (Å²) in [5.74, 6) is 0. The molecule has 0 saturated carbocycles. The van der Waals surface area contributed by atoms with Crippen LogP contribution >= 0.6 is 0 Å². The fraction of sp³-hybridized carbons (Fsp3) is 1.00. The molecule has 16 heavy (non-hydrogen) atoms. The van der Waals surface area contributed by atoms with Gasteiger partial charge in [0.05, 0.1) is 19.3 Å². The van der Waals surface area contributed by atoms with Crippen LogP contribution in [0.25, 0.3) is 0 Å². The van der Waals surface area contributed by atoms with Gasteiger partial charge in [-0.2, -0.15) is 17.4 Å². The van der Waals surface area contributed by atoms with E-state index in [0.717, 1.165) is 0 Å². The highest BCUT2D eigenvalue weighted by Crippen LogP contribution is 2.07. The van der Waals surface area contributed by atoms with E-state index in [1.54, 1.807) is 0 Å². The van der Waals surface area contributed by atoms with Crippen molar-refractivity contribution in [2.24, 2.45) is 5.73 Å². The summed E-state index contributed by atoms with van der Waals surface area (Å²) >= 11 is 0. The third-order valence-corrected chi connectivity index (χ3v) is 3.88. The second-order valence-corrected chi connectivity index (χ2v) is 5.23. The van der Waals surface area contributed by atoms with Crippen LogP contribution in [0.3, 0.4) is 0 Å². The maximum absolute atomic E-state index is 11.8. The molecular weight excluding hydrogens is 234 g/mol. The molecule has 1 rings (SSSR count). The Bertz CT molecular complexity index is 296. The number of nitrogens with zero attached hydrogens (tertiary/aromatic N) is 1. The Balaban J connectivity index is 2.47. The van der Waals surface area contributed by atoms with Gasteiger partial charge in [0.1, 0.15) is 0 Å². The topological polar surface area (TPSA) is 93.9 Å². The number of hydrogen-bond acceptors (Lipinski definition) is 5. The molecule has 1 atom stereocenters. The van der Waals surface area contributed by atoms with Crippen LogP contribution in [-0.2, 0) is 19.7 Å². The maximum Gasteiger partial charge on any atom is 0.279 e. The maximum atomic E-state index is 11.8. The first kappa shape index (κ1) is 13.8. The van der Waals surface area contributed by atoms with Gasteiger partial charge in [-0.25, -0.2) is 0 Å². The monoisotopic (exact) mass is 253 g/mol. The molecule has 1 saturated heterocycles. The van der Waals surface area contributed by atoms with Gasteiger partial charge in [0.2, 0.25) is 0 Å². The van der Waals surface area contributed by atoms with Crippen LogP contribution in [0.4, 0.5) is 0 Å². The van der Waals surface area contributed by atoms with E-state index in [4.69, 9.17) is 15.2 Å². The van der Waals surface area contributed by atoms with E-state index < -0.39 is 10.2 Å². The second kappa shape index (κ2) is 6.48. The first-order chi connectivity index (χ1) is 7.60. The summed E-state index contributed by atoms with van der Waals surface area (Å²) < 4.78 is 37.4. The number of ether oxygens (including phenoxy) is 2. The molecule has 1 aliphatic rings. The first-order valence-electron chi connectivity index (χ1n) is 5.15. The van der Waals surface area contributed by atoms with Gasteiger partial charge in [0.25, 0.3) is 10.2 Å². The summed E-state index contributed by atoms with van der Waals surface area (Å²) in [7, 11) is -1.91. The fourth-order valence-electron chi connectivity index (χ4n) is 1.42. The Hall–Kier alpha value is -0.250. The molecule has 0 aromatic rings. The largest absolute Gasteiger partial charge is 0.383 e. The van der Waals surface area contributed by atoms with Gasteiger partial charge in [0, 0.05) is 33.3 Å². The van der Waals surface area contributed by atoms with Crippen molar-refractivity contribution >= 4 is 10.2 Å². The van der Waals surface area contributed by atoms with Gasteiger partial charge in [-0.1, -0.05) is 0 Å². The van der Waals surface area contributed by atoms with Crippen molar-refractivity contribution in [2.75, 3.05) is 46.5 Å². The molecule has 96 valence electrons. The Labute approximate surface area is 96.1 Å². The van der Waals surface area contributed by atoms with Gasteiger partial charge < -0.3 is 15.2 Å². The van der Waals surface area contributed by atoms with Crippen LogP contribution in [0.2, 0.25) is 0 Å². The summed E-state index contributed by atoms with van der Waals surface area (Å²) in [6.07, 6.45) is -0.215. The van der Waals surface area contributed by atoms with Crippen molar-refractivity contribution in [3.63, 3.8) is 0 Å². The molecule has 8 heteroatoms. The Morgan fingerprint density at radius 1 is 1.62 bits per heavy atom. The van der Waals surface area contributed by atoms with Crippen LogP contribution < -0.4 is 10.5 Å². The fourth-order valence-corrected chi connectivity index (χ4v) is 2.62. The van der Waals surface area contributed by atoms with Gasteiger partial charge >= 0.3 is 0 Å². The predicted octanol–water partition coefficient (Wildman–Crippen LogP) is -1.87. The molecule has 0 radical (unpaired) electrons. The summed E-state index contributed by atoms with van der Waals surface area (Å²) in [5.41, 5.74) is 5.44. The molecule has 1 unspecified atom stereocenters. The summed E-state index contributed by atoms with van der Waals surface area (Å²) in [6.45, 7) is 1.99. The molecule has 0 amide bonds. The number of nitrogens with one attached hydrogen (secondary N) is 1. The number of hydrogen-bond donors (Lipinski definition) is 2. The average molecular weight is 253 g/mol. The van der Waals surface area contributed by atoms with Crippen molar-refractivity contribution in [1.82, 2.24) is 9.03 Å². The molecule has 1 fully saturated rings. The van der Waals surface area contributed by atoms with E-state index in [9.17, 15) is 8.42 Å². The molecule has 1 aliphatic heterocycles. The first-order valence-corrected chi connectivity index (χ1v) is 6.59. The van der Waals surface area contributed by atoms with Crippen LogP contribution in [0, 0.1) is 0 Å². The minimum Gasteiger partial charge on any atom is -0.383 e. The molecule has 1 heterocycles. The van der Waals surface area contributed by atoms with E-state index in [1.165, 1.54) is 11.4 Å². The van der Waals surface area contributed by atoms with E-state index in [-0.39, 0.29) is 12.6 Å². The van der Waals surface area contributed by atoms with Crippen LogP contribution in [-0.4, -0.2) is 65.3 Å². The van der Waals surface area contributed by atoms with Gasteiger partial charge in [-0.3, -0.25) is 0 Å². The lowest BCUT2D eigenvalue weighted by atomic mass is 10.3. The molecule has 0 aromatic heterocycles. The van der Waals surface area contributed by atoms with Gasteiger partial charge in [-0.15, -0.1) is 0 Å². The molecule has 0 aromatic carbocycles. The molecule has 0 bridgehead atoms. The Morgan fingerprint density at radius 3 is 3.00 bits per heavy atom. The third kappa shape index (κ3) is 3.96. The standard InChI is InChI=1S/C8H19N3O4S/c1-14-4-2-10-16(12,13)11-3-5-15-8(6-9)7-11/h8,10H,2-7,9H2,1H3. The molecular formula is C8H19N3O4S. The van der Waals surface area contributed by atoms with Gasteiger partial charge in [0.15, 0.2) is 0 Å². The van der Waals surface area contributed by atoms with E-state index in [1.807, 2.05) is 0 Å². The van der Waals surface area contributed by atoms with E-state index in [2.05, 4.69) is 4.72 Å². The van der Waals surface area contributed by atoms with Crippen molar-refractivity contribution in [1.29, 1.82) is 0 Å². The normalized spacial score (nSPS) is 23.5. The highest BCUT2D eigenvalue weighted by Gasteiger charge is 2.28. The SMILES string of the molecule is COCCNS(=O)(=O)N1CCOC(CN)C1. The Morgan fingerprint density at radius 2 is 2.38 bits per heavy atom. The quantitative estimate of drug-likeness (QED) is 0.541. The average Bonchev–Trinajstić information content (AvgIpc) is 2.29. The zero-order chi connectivity index (χ0) is 12.0. The molecule has 0 aliphatic carbocycles. The van der Waals surface area contributed by atoms with Crippen molar-refractivity contribution in [2.45, 2.75) is 6.10 Å². The summed E-state index contributed by atoms with van der Waals surface area (Å²) in [4.78, 5) is 0. The summed E-state index contributed by atoms with van der Waals surface area (Å²) in [5, 5.41) is 0. The van der Waals surface area contributed by atoms with E-state index >= 15 is 0 Å². The highest BCUT2D eigenvalue weighted by atomic mass is 32.2. The van der Waals surface area contributed by atoms with Gasteiger partial charge in [-0.05, 0) is 0 Å². The smallest absolute Gasteiger partial charge is 0.279 e. The molecule has 7 nitrogen and oxygen atoms in total. The summed E-state index contributed by atoms with van der Waals surface area (Å²) in [6, 6.07) is 0. The highest BCUT2D eigenvalue weighted by molar-refractivity contribution is 7.87. The number of morpholine rings is 1. The predicted molar refractivity (Wildman–Crippen MR) is 59.2 cm³/mol. The minimum atomic E-state index is -3.43. The zero-order valence-electron chi connectivity index (χ0n) is 9.39. The lowest BCUT2D eigenvalue weighted by molar-refractivity contribution is 0.00409. The van der Waals surface area contributed by atoms with Crippen LogP contribution in [0.1, 0.15) is 0 Å². The third-order valence-electron chi connectivity index (χ3n) is 2.29. The lowest BCUT2D eigenvalue weighted by Crippen LogP contribution is -2.52.